The molecule has 0 aromatic heterocycles. The van der Waals surface area contributed by atoms with Crippen molar-refractivity contribution in [2.75, 3.05) is 6.61 Å². The normalized spacial score (nSPS) is 11.9. The van der Waals surface area contributed by atoms with E-state index in [2.05, 4.69) is 5.32 Å². The minimum absolute atomic E-state index is 0.0409. The first kappa shape index (κ1) is 14.0. The van der Waals surface area contributed by atoms with Crippen molar-refractivity contribution in [2.45, 2.75) is 6.04 Å². The first-order valence-corrected chi connectivity index (χ1v) is 6.07. The highest BCUT2D eigenvalue weighted by Gasteiger charge is 2.17. The SMILES string of the molecule is O=C(N[C@H](CO)c1ccccc1)c1ccc(F)cc1O. The highest BCUT2D eigenvalue weighted by atomic mass is 19.1. The van der Waals surface area contributed by atoms with Crippen molar-refractivity contribution >= 4 is 5.91 Å². The van der Waals surface area contributed by atoms with Gasteiger partial charge >= 0.3 is 0 Å². The summed E-state index contributed by atoms with van der Waals surface area (Å²) in [6.07, 6.45) is 0. The van der Waals surface area contributed by atoms with Crippen LogP contribution in [0.15, 0.2) is 48.5 Å². The van der Waals surface area contributed by atoms with Crippen molar-refractivity contribution in [3.8, 4) is 5.75 Å². The second kappa shape index (κ2) is 6.16. The Balaban J connectivity index is 2.17. The summed E-state index contributed by atoms with van der Waals surface area (Å²) in [6.45, 7) is -0.280. The molecule has 0 aliphatic rings. The van der Waals surface area contributed by atoms with Gasteiger partial charge in [-0.2, -0.15) is 0 Å². The number of carbonyl (C=O) groups excluding carboxylic acids is 1. The van der Waals surface area contributed by atoms with Crippen LogP contribution in [0, 0.1) is 5.82 Å². The molecule has 104 valence electrons. The number of halogens is 1. The van der Waals surface area contributed by atoms with Gasteiger partial charge in [-0.3, -0.25) is 4.79 Å². The highest BCUT2D eigenvalue weighted by Crippen LogP contribution is 2.19. The van der Waals surface area contributed by atoms with Crippen LogP contribution in [-0.4, -0.2) is 22.7 Å². The minimum atomic E-state index is -0.624. The van der Waals surface area contributed by atoms with Crippen LogP contribution in [0.1, 0.15) is 22.0 Å². The van der Waals surface area contributed by atoms with Gasteiger partial charge in [0.1, 0.15) is 11.6 Å². The van der Waals surface area contributed by atoms with E-state index in [0.29, 0.717) is 0 Å². The molecule has 0 bridgehead atoms. The molecule has 1 amide bonds. The molecule has 0 unspecified atom stereocenters. The van der Waals surface area contributed by atoms with Crippen LogP contribution in [0.3, 0.4) is 0 Å². The van der Waals surface area contributed by atoms with Gasteiger partial charge in [0.15, 0.2) is 0 Å². The molecule has 0 heterocycles. The minimum Gasteiger partial charge on any atom is -0.507 e. The van der Waals surface area contributed by atoms with Crippen molar-refractivity contribution in [2.24, 2.45) is 0 Å². The predicted octanol–water partition coefficient (Wildman–Crippen LogP) is 1.99. The zero-order valence-corrected chi connectivity index (χ0v) is 10.6. The lowest BCUT2D eigenvalue weighted by Gasteiger charge is -2.17. The van der Waals surface area contributed by atoms with Gasteiger partial charge in [0.2, 0.25) is 0 Å². The molecule has 0 saturated carbocycles. The standard InChI is InChI=1S/C15H14FNO3/c16-11-6-7-12(14(19)8-11)15(20)17-13(9-18)10-4-2-1-3-5-10/h1-8,13,18-19H,9H2,(H,17,20)/t13-/m1/s1. The van der Waals surface area contributed by atoms with Gasteiger partial charge in [-0.15, -0.1) is 0 Å². The van der Waals surface area contributed by atoms with Crippen molar-refractivity contribution in [1.82, 2.24) is 5.32 Å². The molecule has 2 aromatic rings. The molecule has 0 fully saturated rings. The van der Waals surface area contributed by atoms with Crippen LogP contribution in [-0.2, 0) is 0 Å². The molecule has 1 atom stereocenters. The number of phenolic OH excluding ortho intramolecular Hbond substituents is 1. The monoisotopic (exact) mass is 275 g/mol. The van der Waals surface area contributed by atoms with E-state index in [1.165, 1.54) is 6.07 Å². The molecule has 2 aromatic carbocycles. The van der Waals surface area contributed by atoms with E-state index >= 15 is 0 Å². The second-order valence-electron chi connectivity index (χ2n) is 4.28. The number of hydrogen-bond donors (Lipinski definition) is 3. The van der Waals surface area contributed by atoms with Gasteiger partial charge in [-0.05, 0) is 17.7 Å². The molecule has 0 aliphatic heterocycles. The fourth-order valence-corrected chi connectivity index (χ4v) is 1.85. The first-order valence-electron chi connectivity index (χ1n) is 6.07. The Labute approximate surface area is 115 Å². The van der Waals surface area contributed by atoms with E-state index in [-0.39, 0.29) is 12.2 Å². The van der Waals surface area contributed by atoms with E-state index in [1.54, 1.807) is 24.3 Å². The van der Waals surface area contributed by atoms with Crippen LogP contribution >= 0.6 is 0 Å². The third-order valence-corrected chi connectivity index (χ3v) is 2.89. The lowest BCUT2D eigenvalue weighted by molar-refractivity contribution is 0.0913. The largest absolute Gasteiger partial charge is 0.507 e. The van der Waals surface area contributed by atoms with Gasteiger partial charge in [-0.1, -0.05) is 30.3 Å². The summed E-state index contributed by atoms with van der Waals surface area (Å²) in [6, 6.07) is 11.5. The molecule has 4 nitrogen and oxygen atoms in total. The number of benzene rings is 2. The Hall–Kier alpha value is -2.40. The lowest BCUT2D eigenvalue weighted by atomic mass is 10.1. The molecular weight excluding hydrogens is 261 g/mol. The third-order valence-electron chi connectivity index (χ3n) is 2.89. The van der Waals surface area contributed by atoms with Crippen LogP contribution < -0.4 is 5.32 Å². The summed E-state index contributed by atoms with van der Waals surface area (Å²) in [4.78, 5) is 12.0. The fraction of sp³-hybridized carbons (Fsp3) is 0.133. The summed E-state index contributed by atoms with van der Waals surface area (Å²) < 4.78 is 12.9. The Kier molecular flexibility index (Phi) is 4.32. The third kappa shape index (κ3) is 3.13. The number of aromatic hydroxyl groups is 1. The number of amides is 1. The molecule has 5 heteroatoms. The van der Waals surface area contributed by atoms with Gasteiger partial charge in [0.25, 0.3) is 5.91 Å². The topological polar surface area (TPSA) is 69.6 Å². The van der Waals surface area contributed by atoms with Crippen molar-refractivity contribution in [3.05, 3.63) is 65.5 Å². The molecular formula is C15H14FNO3. The molecule has 0 spiro atoms. The van der Waals surface area contributed by atoms with Crippen LogP contribution in [0.5, 0.6) is 5.75 Å². The van der Waals surface area contributed by atoms with E-state index in [1.807, 2.05) is 6.07 Å². The van der Waals surface area contributed by atoms with Crippen molar-refractivity contribution in [3.63, 3.8) is 0 Å². The van der Waals surface area contributed by atoms with E-state index < -0.39 is 23.5 Å². The quantitative estimate of drug-likeness (QED) is 0.799. The number of carbonyl (C=O) groups is 1. The maximum Gasteiger partial charge on any atom is 0.255 e. The zero-order chi connectivity index (χ0) is 14.5. The maximum atomic E-state index is 12.9. The van der Waals surface area contributed by atoms with E-state index in [0.717, 1.165) is 17.7 Å². The number of hydrogen-bond acceptors (Lipinski definition) is 3. The lowest BCUT2D eigenvalue weighted by Crippen LogP contribution is -2.30. The summed E-state index contributed by atoms with van der Waals surface area (Å²) in [5.74, 6) is -1.64. The Morgan fingerprint density at radius 1 is 1.20 bits per heavy atom. The highest BCUT2D eigenvalue weighted by molar-refractivity contribution is 5.97. The Bertz CT molecular complexity index is 601. The summed E-state index contributed by atoms with van der Waals surface area (Å²) in [5.41, 5.74) is 0.700. The zero-order valence-electron chi connectivity index (χ0n) is 10.6. The number of phenols is 1. The number of rotatable bonds is 4. The van der Waals surface area contributed by atoms with Gasteiger partial charge in [-0.25, -0.2) is 4.39 Å². The average molecular weight is 275 g/mol. The van der Waals surface area contributed by atoms with E-state index in [9.17, 15) is 19.4 Å². The smallest absolute Gasteiger partial charge is 0.255 e. The second-order valence-corrected chi connectivity index (χ2v) is 4.28. The summed E-state index contributed by atoms with van der Waals surface area (Å²) >= 11 is 0. The molecule has 0 saturated heterocycles. The number of nitrogens with one attached hydrogen (secondary N) is 1. The number of aliphatic hydroxyl groups excluding tert-OH is 1. The Morgan fingerprint density at radius 2 is 1.90 bits per heavy atom. The molecule has 20 heavy (non-hydrogen) atoms. The van der Waals surface area contributed by atoms with Gasteiger partial charge < -0.3 is 15.5 Å². The Morgan fingerprint density at radius 3 is 2.50 bits per heavy atom. The van der Waals surface area contributed by atoms with Crippen LogP contribution in [0.4, 0.5) is 4.39 Å². The van der Waals surface area contributed by atoms with Crippen molar-refractivity contribution < 1.29 is 19.4 Å². The van der Waals surface area contributed by atoms with Gasteiger partial charge in [0.05, 0.1) is 18.2 Å². The van der Waals surface area contributed by atoms with Crippen molar-refractivity contribution in [1.29, 1.82) is 0 Å². The van der Waals surface area contributed by atoms with Gasteiger partial charge in [0, 0.05) is 6.07 Å². The average Bonchev–Trinajstić information content (AvgIpc) is 2.45. The number of aliphatic hydroxyl groups is 1. The predicted molar refractivity (Wildman–Crippen MR) is 71.8 cm³/mol. The molecule has 2 rings (SSSR count). The van der Waals surface area contributed by atoms with E-state index in [4.69, 9.17) is 0 Å². The maximum absolute atomic E-state index is 12.9. The molecule has 3 N–H and O–H groups in total. The summed E-state index contributed by atoms with van der Waals surface area (Å²) in [7, 11) is 0. The van der Waals surface area contributed by atoms with Crippen LogP contribution in [0.2, 0.25) is 0 Å². The molecule has 0 aliphatic carbocycles. The fourth-order valence-electron chi connectivity index (χ4n) is 1.85. The first-order chi connectivity index (χ1) is 9.61. The molecule has 0 radical (unpaired) electrons. The van der Waals surface area contributed by atoms with Crippen LogP contribution in [0.25, 0.3) is 0 Å². The summed E-state index contributed by atoms with van der Waals surface area (Å²) in [5, 5.41) is 21.5.